The number of nitrogens with one attached hydrogen (secondary N) is 1. The van der Waals surface area contributed by atoms with Gasteiger partial charge < -0.3 is 10.2 Å². The lowest BCUT2D eigenvalue weighted by molar-refractivity contribution is 0.0784. The first kappa shape index (κ1) is 17.2. The summed E-state index contributed by atoms with van der Waals surface area (Å²) in [4.78, 5) is 18.5. The molecule has 3 rings (SSSR count). The van der Waals surface area contributed by atoms with E-state index in [4.69, 9.17) is 5.26 Å². The van der Waals surface area contributed by atoms with Gasteiger partial charge in [0, 0.05) is 25.5 Å². The van der Waals surface area contributed by atoms with Crippen molar-refractivity contribution in [1.29, 1.82) is 5.26 Å². The number of nitriles is 1. The summed E-state index contributed by atoms with van der Waals surface area (Å²) in [6, 6.07) is 20.8. The third-order valence-electron chi connectivity index (χ3n) is 3.90. The summed E-state index contributed by atoms with van der Waals surface area (Å²) >= 11 is 0. The monoisotopic (exact) mass is 342 g/mol. The topological polar surface area (TPSA) is 69.0 Å². The molecule has 128 valence electrons. The van der Waals surface area contributed by atoms with Crippen LogP contribution in [-0.4, -0.2) is 22.8 Å². The molecule has 0 atom stereocenters. The lowest BCUT2D eigenvalue weighted by Crippen LogP contribution is -2.26. The van der Waals surface area contributed by atoms with E-state index in [0.29, 0.717) is 23.4 Å². The zero-order valence-corrected chi connectivity index (χ0v) is 14.4. The summed E-state index contributed by atoms with van der Waals surface area (Å²) in [6.07, 6.45) is 3.22. The molecular weight excluding hydrogens is 324 g/mol. The molecule has 1 N–H and O–H groups in total. The van der Waals surface area contributed by atoms with Gasteiger partial charge in [-0.1, -0.05) is 30.3 Å². The predicted octanol–water partition coefficient (Wildman–Crippen LogP) is 3.97. The number of pyridine rings is 1. The highest BCUT2D eigenvalue weighted by molar-refractivity contribution is 5.94. The van der Waals surface area contributed by atoms with Crippen molar-refractivity contribution in [2.24, 2.45) is 0 Å². The maximum atomic E-state index is 12.7. The van der Waals surface area contributed by atoms with Gasteiger partial charge >= 0.3 is 0 Å². The summed E-state index contributed by atoms with van der Waals surface area (Å²) in [5.41, 5.74) is 3.73. The van der Waals surface area contributed by atoms with Crippen LogP contribution in [0.2, 0.25) is 0 Å². The van der Waals surface area contributed by atoms with Gasteiger partial charge in [-0.2, -0.15) is 5.26 Å². The van der Waals surface area contributed by atoms with Gasteiger partial charge in [0.25, 0.3) is 5.91 Å². The molecule has 0 saturated heterocycles. The lowest BCUT2D eigenvalue weighted by atomic mass is 10.2. The molecule has 0 aliphatic carbocycles. The predicted molar refractivity (Wildman–Crippen MR) is 101 cm³/mol. The van der Waals surface area contributed by atoms with Crippen LogP contribution in [0.5, 0.6) is 0 Å². The van der Waals surface area contributed by atoms with Crippen molar-refractivity contribution >= 4 is 17.3 Å². The fourth-order valence-electron chi connectivity index (χ4n) is 2.57. The van der Waals surface area contributed by atoms with Crippen LogP contribution in [0.25, 0.3) is 0 Å². The first-order valence-corrected chi connectivity index (χ1v) is 8.17. The smallest absolute Gasteiger partial charge is 0.255 e. The molecule has 0 bridgehead atoms. The van der Waals surface area contributed by atoms with Gasteiger partial charge in [-0.3, -0.25) is 9.78 Å². The first-order valence-electron chi connectivity index (χ1n) is 8.17. The Labute approximate surface area is 152 Å². The van der Waals surface area contributed by atoms with Crippen molar-refractivity contribution < 1.29 is 4.79 Å². The molecule has 1 heterocycles. The highest BCUT2D eigenvalue weighted by Crippen LogP contribution is 2.18. The molecular formula is C21H18N4O. The fourth-order valence-corrected chi connectivity index (χ4v) is 2.57. The van der Waals surface area contributed by atoms with Crippen LogP contribution in [0, 0.1) is 11.3 Å². The Morgan fingerprint density at radius 3 is 2.50 bits per heavy atom. The van der Waals surface area contributed by atoms with Crippen LogP contribution < -0.4 is 5.32 Å². The molecule has 0 unspecified atom stereocenters. The van der Waals surface area contributed by atoms with E-state index in [2.05, 4.69) is 16.4 Å². The van der Waals surface area contributed by atoms with Crippen LogP contribution in [0.15, 0.2) is 73.1 Å². The quantitative estimate of drug-likeness (QED) is 0.762. The number of aromatic nitrogens is 1. The Kier molecular flexibility index (Phi) is 5.25. The number of benzene rings is 2. The van der Waals surface area contributed by atoms with Gasteiger partial charge in [0.15, 0.2) is 0 Å². The first-order chi connectivity index (χ1) is 12.7. The summed E-state index contributed by atoms with van der Waals surface area (Å²) < 4.78 is 0. The minimum atomic E-state index is -0.0927. The highest BCUT2D eigenvalue weighted by Gasteiger charge is 2.13. The summed E-state index contributed by atoms with van der Waals surface area (Å²) in [7, 11) is 1.77. The Morgan fingerprint density at radius 2 is 1.81 bits per heavy atom. The maximum Gasteiger partial charge on any atom is 0.255 e. The number of hydrogen-bond donors (Lipinski definition) is 1. The SMILES string of the molecule is CN(Cc1ccccc1)C(=O)c1cncc(Nc2ccc(C#N)cc2)c1. The number of anilines is 2. The van der Waals surface area contributed by atoms with E-state index in [1.54, 1.807) is 42.5 Å². The largest absolute Gasteiger partial charge is 0.354 e. The summed E-state index contributed by atoms with van der Waals surface area (Å²) in [5.74, 6) is -0.0927. The molecule has 0 spiro atoms. The van der Waals surface area contributed by atoms with Gasteiger partial charge in [-0.15, -0.1) is 0 Å². The molecule has 0 aliphatic rings. The van der Waals surface area contributed by atoms with Gasteiger partial charge in [-0.25, -0.2) is 0 Å². The molecule has 2 aromatic carbocycles. The Bertz CT molecular complexity index is 930. The van der Waals surface area contributed by atoms with Crippen LogP contribution in [-0.2, 0) is 6.54 Å². The fraction of sp³-hybridized carbons (Fsp3) is 0.0952. The maximum absolute atomic E-state index is 12.7. The second-order valence-corrected chi connectivity index (χ2v) is 5.92. The molecule has 0 saturated carbocycles. The molecule has 0 aliphatic heterocycles. The van der Waals surface area contributed by atoms with Crippen molar-refractivity contribution in [2.45, 2.75) is 6.54 Å². The third-order valence-corrected chi connectivity index (χ3v) is 3.90. The van der Waals surface area contributed by atoms with E-state index in [1.165, 1.54) is 0 Å². The number of amides is 1. The van der Waals surface area contributed by atoms with Crippen molar-refractivity contribution in [2.75, 3.05) is 12.4 Å². The van der Waals surface area contributed by atoms with Crippen LogP contribution in [0.3, 0.4) is 0 Å². The number of nitrogens with zero attached hydrogens (tertiary/aromatic N) is 3. The number of carbonyl (C=O) groups excluding carboxylic acids is 1. The molecule has 26 heavy (non-hydrogen) atoms. The van der Waals surface area contributed by atoms with Crippen molar-refractivity contribution in [3.63, 3.8) is 0 Å². The summed E-state index contributed by atoms with van der Waals surface area (Å²) in [6.45, 7) is 0.535. The molecule has 0 fully saturated rings. The van der Waals surface area contributed by atoms with E-state index in [0.717, 1.165) is 11.3 Å². The average Bonchev–Trinajstić information content (AvgIpc) is 2.69. The van der Waals surface area contributed by atoms with E-state index in [1.807, 2.05) is 42.5 Å². The molecule has 1 amide bonds. The molecule has 3 aromatic rings. The number of carbonyl (C=O) groups is 1. The molecule has 1 aromatic heterocycles. The van der Waals surface area contributed by atoms with Crippen molar-refractivity contribution in [3.05, 3.63) is 89.7 Å². The van der Waals surface area contributed by atoms with E-state index >= 15 is 0 Å². The van der Waals surface area contributed by atoms with Gasteiger partial charge in [0.1, 0.15) is 0 Å². The minimum Gasteiger partial charge on any atom is -0.354 e. The van der Waals surface area contributed by atoms with Crippen molar-refractivity contribution in [1.82, 2.24) is 9.88 Å². The minimum absolute atomic E-state index is 0.0927. The third kappa shape index (κ3) is 4.25. The van der Waals surface area contributed by atoms with Crippen LogP contribution in [0.1, 0.15) is 21.5 Å². The lowest BCUT2D eigenvalue weighted by Gasteiger charge is -2.17. The van der Waals surface area contributed by atoms with E-state index in [-0.39, 0.29) is 5.91 Å². The second-order valence-electron chi connectivity index (χ2n) is 5.92. The zero-order valence-electron chi connectivity index (χ0n) is 14.4. The van der Waals surface area contributed by atoms with Crippen LogP contribution in [0.4, 0.5) is 11.4 Å². The van der Waals surface area contributed by atoms with Crippen molar-refractivity contribution in [3.8, 4) is 6.07 Å². The van der Waals surface area contributed by atoms with Crippen LogP contribution >= 0.6 is 0 Å². The Hall–Kier alpha value is -3.65. The van der Waals surface area contributed by atoms with Gasteiger partial charge in [0.2, 0.25) is 0 Å². The van der Waals surface area contributed by atoms with Gasteiger partial charge in [-0.05, 0) is 35.9 Å². The number of rotatable bonds is 5. The highest BCUT2D eigenvalue weighted by atomic mass is 16.2. The average molecular weight is 342 g/mol. The van der Waals surface area contributed by atoms with E-state index in [9.17, 15) is 4.79 Å². The molecule has 0 radical (unpaired) electrons. The zero-order chi connectivity index (χ0) is 18.4. The summed E-state index contributed by atoms with van der Waals surface area (Å²) in [5, 5.41) is 12.0. The molecule has 5 nitrogen and oxygen atoms in total. The molecule has 5 heteroatoms. The second kappa shape index (κ2) is 7.95. The standard InChI is InChI=1S/C21H18N4O/c1-25(15-17-5-3-2-4-6-17)21(26)18-11-20(14-23-13-18)24-19-9-7-16(12-22)8-10-19/h2-11,13-14,24H,15H2,1H3. The number of hydrogen-bond acceptors (Lipinski definition) is 4. The Morgan fingerprint density at radius 1 is 1.08 bits per heavy atom. The normalized spacial score (nSPS) is 10.0. The van der Waals surface area contributed by atoms with E-state index < -0.39 is 0 Å². The Balaban J connectivity index is 1.71. The van der Waals surface area contributed by atoms with Gasteiger partial charge in [0.05, 0.1) is 29.1 Å².